The van der Waals surface area contributed by atoms with Gasteiger partial charge in [-0.25, -0.2) is 4.79 Å². The summed E-state index contributed by atoms with van der Waals surface area (Å²) in [7, 11) is 1.47. The van der Waals surface area contributed by atoms with E-state index in [-0.39, 0.29) is 5.97 Å². The van der Waals surface area contributed by atoms with E-state index in [1.165, 1.54) is 49.7 Å². The number of carbonyl (C=O) groups is 1. The van der Waals surface area contributed by atoms with Gasteiger partial charge >= 0.3 is 5.97 Å². The van der Waals surface area contributed by atoms with Gasteiger partial charge in [-0.05, 0) is 67.9 Å². The lowest BCUT2D eigenvalue weighted by atomic mass is 9.78. The minimum absolute atomic E-state index is 0.223. The first-order valence-electron chi connectivity index (χ1n) is 9.56. The van der Waals surface area contributed by atoms with Crippen molar-refractivity contribution in [3.63, 3.8) is 0 Å². The van der Waals surface area contributed by atoms with Crippen molar-refractivity contribution in [3.8, 4) is 0 Å². The highest BCUT2D eigenvalue weighted by Crippen LogP contribution is 2.42. The SMILES string of the molecule is COC(=O)c1sc(C2=CCC(C)(C)CC2)cc1NC1CCC(C)CC1. The molecule has 0 atom stereocenters. The fraction of sp³-hybridized carbons (Fsp3) is 0.667. The first-order chi connectivity index (χ1) is 11.9. The number of nitrogens with one attached hydrogen (secondary N) is 1. The van der Waals surface area contributed by atoms with Crippen LogP contribution in [0.1, 0.15) is 80.3 Å². The van der Waals surface area contributed by atoms with Gasteiger partial charge in [0.1, 0.15) is 4.88 Å². The van der Waals surface area contributed by atoms with Crippen LogP contribution < -0.4 is 5.32 Å². The summed E-state index contributed by atoms with van der Waals surface area (Å²) in [4.78, 5) is 14.2. The molecule has 2 aliphatic carbocycles. The van der Waals surface area contributed by atoms with Crippen LogP contribution in [0.15, 0.2) is 12.1 Å². The second-order valence-corrected chi connectivity index (χ2v) is 9.60. The maximum Gasteiger partial charge on any atom is 0.350 e. The molecule has 3 nitrogen and oxygen atoms in total. The Hall–Kier alpha value is -1.29. The molecule has 1 aromatic heterocycles. The smallest absolute Gasteiger partial charge is 0.350 e. The van der Waals surface area contributed by atoms with Crippen LogP contribution in [0.5, 0.6) is 0 Å². The number of esters is 1. The number of rotatable bonds is 4. The monoisotopic (exact) mass is 361 g/mol. The predicted octanol–water partition coefficient (Wildman–Crippen LogP) is 6.12. The van der Waals surface area contributed by atoms with E-state index in [0.717, 1.165) is 29.3 Å². The van der Waals surface area contributed by atoms with Gasteiger partial charge in [-0.2, -0.15) is 0 Å². The average Bonchev–Trinajstić information content (AvgIpc) is 3.00. The number of carbonyl (C=O) groups excluding carboxylic acids is 1. The lowest BCUT2D eigenvalue weighted by Crippen LogP contribution is -2.25. The molecule has 0 bridgehead atoms. The fourth-order valence-corrected chi connectivity index (χ4v) is 4.93. The van der Waals surface area contributed by atoms with Gasteiger partial charge < -0.3 is 10.1 Å². The van der Waals surface area contributed by atoms with Crippen LogP contribution in [0.4, 0.5) is 5.69 Å². The minimum Gasteiger partial charge on any atom is -0.465 e. The number of thiophene rings is 1. The summed E-state index contributed by atoms with van der Waals surface area (Å²) < 4.78 is 5.03. The highest BCUT2D eigenvalue weighted by atomic mass is 32.1. The Morgan fingerprint density at radius 2 is 2.00 bits per heavy atom. The number of allylic oxidation sites excluding steroid dienone is 2. The van der Waals surface area contributed by atoms with Crippen LogP contribution in [0, 0.1) is 11.3 Å². The third-order valence-electron chi connectivity index (χ3n) is 5.77. The lowest BCUT2D eigenvalue weighted by Gasteiger charge is -2.28. The first-order valence-corrected chi connectivity index (χ1v) is 10.4. The molecule has 25 heavy (non-hydrogen) atoms. The fourth-order valence-electron chi connectivity index (χ4n) is 3.83. The molecule has 138 valence electrons. The Balaban J connectivity index is 1.81. The molecule has 0 amide bonds. The standard InChI is InChI=1S/C21H31NO2S/c1-14-5-7-16(8-6-14)22-17-13-18(25-19(17)20(23)24-4)15-9-11-21(2,3)12-10-15/h9,13-14,16,22H,5-8,10-12H2,1-4H3. The van der Waals surface area contributed by atoms with Crippen LogP contribution in [0.3, 0.4) is 0 Å². The minimum atomic E-state index is -0.223. The maximum atomic E-state index is 12.3. The molecule has 0 saturated heterocycles. The molecule has 3 rings (SSSR count). The molecule has 1 N–H and O–H groups in total. The largest absolute Gasteiger partial charge is 0.465 e. The summed E-state index contributed by atoms with van der Waals surface area (Å²) in [5.41, 5.74) is 2.75. The quantitative estimate of drug-likeness (QED) is 0.657. The van der Waals surface area contributed by atoms with Crippen molar-refractivity contribution >= 4 is 28.6 Å². The number of hydrogen-bond acceptors (Lipinski definition) is 4. The summed E-state index contributed by atoms with van der Waals surface area (Å²) in [5.74, 6) is 0.603. The van der Waals surface area contributed by atoms with Crippen molar-refractivity contribution in [2.24, 2.45) is 11.3 Å². The maximum absolute atomic E-state index is 12.3. The lowest BCUT2D eigenvalue weighted by molar-refractivity contribution is 0.0607. The Kier molecular flexibility index (Phi) is 5.57. The van der Waals surface area contributed by atoms with E-state index >= 15 is 0 Å². The third-order valence-corrected chi connectivity index (χ3v) is 6.96. The molecule has 0 aromatic carbocycles. The molecule has 2 aliphatic rings. The van der Waals surface area contributed by atoms with Crippen molar-refractivity contribution in [1.82, 2.24) is 0 Å². The number of anilines is 1. The van der Waals surface area contributed by atoms with E-state index in [1.54, 1.807) is 11.3 Å². The van der Waals surface area contributed by atoms with Gasteiger partial charge in [-0.3, -0.25) is 0 Å². The molecule has 0 aliphatic heterocycles. The second kappa shape index (κ2) is 7.53. The van der Waals surface area contributed by atoms with Crippen LogP contribution in [0.2, 0.25) is 0 Å². The van der Waals surface area contributed by atoms with Gasteiger partial charge in [-0.15, -0.1) is 11.3 Å². The number of hydrogen-bond donors (Lipinski definition) is 1. The van der Waals surface area contributed by atoms with E-state index in [1.807, 2.05) is 0 Å². The Morgan fingerprint density at radius 3 is 2.60 bits per heavy atom. The molecule has 1 saturated carbocycles. The number of ether oxygens (including phenoxy) is 1. The zero-order chi connectivity index (χ0) is 18.0. The van der Waals surface area contributed by atoms with Crippen molar-refractivity contribution in [2.75, 3.05) is 12.4 Å². The van der Waals surface area contributed by atoms with Crippen LogP contribution in [-0.4, -0.2) is 19.1 Å². The molecule has 0 spiro atoms. The van der Waals surface area contributed by atoms with Gasteiger partial charge in [0.2, 0.25) is 0 Å². The molecule has 1 fully saturated rings. The molecule has 1 heterocycles. The average molecular weight is 362 g/mol. The normalized spacial score (nSPS) is 26.0. The molecule has 4 heteroatoms. The van der Waals surface area contributed by atoms with Gasteiger partial charge in [-0.1, -0.05) is 26.8 Å². The van der Waals surface area contributed by atoms with Crippen LogP contribution in [0.25, 0.3) is 5.57 Å². The van der Waals surface area contributed by atoms with Crippen LogP contribution >= 0.6 is 11.3 Å². The zero-order valence-electron chi connectivity index (χ0n) is 16.0. The summed E-state index contributed by atoms with van der Waals surface area (Å²) in [6.07, 6.45) is 10.7. The highest BCUT2D eigenvalue weighted by molar-refractivity contribution is 7.15. The summed E-state index contributed by atoms with van der Waals surface area (Å²) >= 11 is 1.58. The topological polar surface area (TPSA) is 38.3 Å². The van der Waals surface area contributed by atoms with Crippen LogP contribution in [-0.2, 0) is 4.74 Å². The van der Waals surface area contributed by atoms with Gasteiger partial charge in [0.25, 0.3) is 0 Å². The summed E-state index contributed by atoms with van der Waals surface area (Å²) in [6, 6.07) is 2.65. The Morgan fingerprint density at radius 1 is 1.28 bits per heavy atom. The van der Waals surface area contributed by atoms with Gasteiger partial charge in [0.15, 0.2) is 0 Å². The summed E-state index contributed by atoms with van der Waals surface area (Å²) in [6.45, 7) is 6.98. The van der Waals surface area contributed by atoms with Crippen molar-refractivity contribution in [2.45, 2.75) is 71.8 Å². The molecule has 0 unspecified atom stereocenters. The van der Waals surface area contributed by atoms with E-state index < -0.39 is 0 Å². The molecule has 0 radical (unpaired) electrons. The Bertz CT molecular complexity index is 651. The molecular formula is C21H31NO2S. The van der Waals surface area contributed by atoms with Crippen molar-refractivity contribution in [3.05, 3.63) is 21.9 Å². The zero-order valence-corrected chi connectivity index (χ0v) is 16.8. The van der Waals surface area contributed by atoms with Gasteiger partial charge in [0.05, 0.1) is 12.8 Å². The van der Waals surface area contributed by atoms with Crippen molar-refractivity contribution in [1.29, 1.82) is 0 Å². The number of methoxy groups -OCH3 is 1. The van der Waals surface area contributed by atoms with Crippen molar-refractivity contribution < 1.29 is 9.53 Å². The molecular weight excluding hydrogens is 330 g/mol. The van der Waals surface area contributed by atoms with Gasteiger partial charge in [0, 0.05) is 10.9 Å². The van der Waals surface area contributed by atoms with E-state index in [9.17, 15) is 4.79 Å². The summed E-state index contributed by atoms with van der Waals surface area (Å²) in [5, 5.41) is 3.64. The first kappa shape index (κ1) is 18.5. The van der Waals surface area contributed by atoms with E-state index in [0.29, 0.717) is 11.5 Å². The molecule has 1 aromatic rings. The van der Waals surface area contributed by atoms with E-state index in [2.05, 4.69) is 38.2 Å². The second-order valence-electron chi connectivity index (χ2n) is 8.54. The highest BCUT2D eigenvalue weighted by Gasteiger charge is 2.26. The Labute approximate surface area is 155 Å². The third kappa shape index (κ3) is 4.46. The van der Waals surface area contributed by atoms with E-state index in [4.69, 9.17) is 4.74 Å². The predicted molar refractivity (Wildman–Crippen MR) is 106 cm³/mol.